The molecule has 5 aromatic rings. The van der Waals surface area contributed by atoms with Crippen molar-refractivity contribution in [3.05, 3.63) is 96.4 Å². The topological polar surface area (TPSA) is 98.3 Å². The number of carbonyl (C=O) groups excluding carboxylic acids is 1. The molecule has 9 nitrogen and oxygen atoms in total. The van der Waals surface area contributed by atoms with Gasteiger partial charge in [0.05, 0.1) is 42.5 Å². The number of allylic oxidation sites excluding steroid dienone is 3. The number of rotatable bonds is 9. The molecule has 0 unspecified atom stereocenters. The van der Waals surface area contributed by atoms with Gasteiger partial charge in [0.25, 0.3) is 0 Å². The van der Waals surface area contributed by atoms with E-state index in [2.05, 4.69) is 18.3 Å². The summed E-state index contributed by atoms with van der Waals surface area (Å²) in [7, 11) is 1.87. The van der Waals surface area contributed by atoms with E-state index < -0.39 is 5.83 Å². The van der Waals surface area contributed by atoms with Gasteiger partial charge in [-0.15, -0.1) is 11.3 Å². The van der Waals surface area contributed by atoms with Gasteiger partial charge in [-0.2, -0.15) is 10.2 Å². The summed E-state index contributed by atoms with van der Waals surface area (Å²) >= 11 is 1.38. The molecule has 1 N–H and O–H groups in total. The molecule has 0 bridgehead atoms. The predicted octanol–water partition coefficient (Wildman–Crippen LogP) is 5.97. The molecule has 0 atom stereocenters. The number of nitrogens with zero attached hydrogens (tertiary/aromatic N) is 6. The molecular formula is C33H30F2N6O3S. The van der Waals surface area contributed by atoms with Crippen LogP contribution in [0.3, 0.4) is 0 Å². The number of aryl methyl sites for hydroxylation is 1. The lowest BCUT2D eigenvalue weighted by Crippen LogP contribution is -2.32. The second-order valence-corrected chi connectivity index (χ2v) is 11.3. The molecule has 0 aliphatic carbocycles. The number of pyridine rings is 1. The van der Waals surface area contributed by atoms with Crippen LogP contribution in [-0.4, -0.2) is 66.8 Å². The summed E-state index contributed by atoms with van der Waals surface area (Å²) in [5, 5.41) is 22.2. The monoisotopic (exact) mass is 628 g/mol. The first-order valence-corrected chi connectivity index (χ1v) is 15.1. The van der Waals surface area contributed by atoms with Gasteiger partial charge in [0.2, 0.25) is 5.91 Å². The quantitative estimate of drug-likeness (QED) is 0.123. The van der Waals surface area contributed by atoms with Crippen molar-refractivity contribution in [3.8, 4) is 22.6 Å². The van der Waals surface area contributed by atoms with E-state index in [4.69, 9.17) is 14.8 Å². The van der Waals surface area contributed by atoms with Crippen molar-refractivity contribution in [2.45, 2.75) is 13.0 Å². The molecule has 1 aliphatic rings. The highest BCUT2D eigenvalue weighted by Gasteiger charge is 2.28. The molecule has 1 aliphatic heterocycles. The van der Waals surface area contributed by atoms with Gasteiger partial charge in [0, 0.05) is 64.9 Å². The van der Waals surface area contributed by atoms with Gasteiger partial charge in [-0.05, 0) is 35.7 Å². The van der Waals surface area contributed by atoms with E-state index in [9.17, 15) is 14.3 Å². The maximum atomic E-state index is 15.8. The maximum Gasteiger partial charge on any atom is 0.246 e. The van der Waals surface area contributed by atoms with Crippen LogP contribution in [0.2, 0.25) is 0 Å². The van der Waals surface area contributed by atoms with E-state index >= 15 is 4.39 Å². The van der Waals surface area contributed by atoms with E-state index in [1.807, 2.05) is 47.4 Å². The molecule has 6 rings (SSSR count). The van der Waals surface area contributed by atoms with E-state index in [0.717, 1.165) is 27.5 Å². The van der Waals surface area contributed by atoms with Crippen LogP contribution in [0.1, 0.15) is 11.3 Å². The predicted molar refractivity (Wildman–Crippen MR) is 171 cm³/mol. The highest BCUT2D eigenvalue weighted by atomic mass is 32.1. The molecule has 0 saturated carbocycles. The van der Waals surface area contributed by atoms with E-state index in [-0.39, 0.29) is 36.8 Å². The van der Waals surface area contributed by atoms with Gasteiger partial charge in [-0.25, -0.2) is 13.8 Å². The van der Waals surface area contributed by atoms with Crippen LogP contribution >= 0.6 is 11.3 Å². The van der Waals surface area contributed by atoms with Crippen LogP contribution in [0.5, 0.6) is 0 Å². The molecule has 230 valence electrons. The molecule has 1 amide bonds. The molecule has 0 radical (unpaired) electrons. The highest BCUT2D eigenvalue weighted by molar-refractivity contribution is 7.17. The SMILES string of the molecule is C=CC(=O)N1CCc2cc(-c3nc(-c4ccc5c(cnn5C)c4)c4ccsc4c3/C(C(=C)OCCO)=C(F)/C=C/F)nn2CC1. The first kappa shape index (κ1) is 30.1. The Bertz CT molecular complexity index is 2000. The number of amides is 1. The largest absolute Gasteiger partial charge is 0.491 e. The fourth-order valence-electron chi connectivity index (χ4n) is 5.64. The number of hydrogen-bond donors (Lipinski definition) is 1. The lowest BCUT2D eigenvalue weighted by atomic mass is 9.95. The van der Waals surface area contributed by atoms with Crippen molar-refractivity contribution in [1.29, 1.82) is 0 Å². The number of halogens is 2. The number of benzene rings is 1. The van der Waals surface area contributed by atoms with Crippen molar-refractivity contribution in [2.75, 3.05) is 26.3 Å². The number of fused-ring (bicyclic) bond motifs is 3. The number of aliphatic hydroxyl groups is 1. The van der Waals surface area contributed by atoms with Crippen molar-refractivity contribution in [1.82, 2.24) is 29.4 Å². The van der Waals surface area contributed by atoms with Gasteiger partial charge in [0.15, 0.2) is 0 Å². The Labute approximate surface area is 261 Å². The zero-order chi connectivity index (χ0) is 31.7. The van der Waals surface area contributed by atoms with Crippen LogP contribution in [0.15, 0.2) is 85.1 Å². The number of thiophene rings is 1. The Kier molecular flexibility index (Phi) is 8.42. The lowest BCUT2D eigenvalue weighted by molar-refractivity contribution is -0.126. The fourth-order valence-corrected chi connectivity index (χ4v) is 6.59. The van der Waals surface area contributed by atoms with Crippen LogP contribution in [-0.2, 0) is 29.5 Å². The molecule has 4 aromatic heterocycles. The Morgan fingerprint density at radius 2 is 2.04 bits per heavy atom. The molecule has 0 fully saturated rings. The minimum atomic E-state index is -0.915. The third kappa shape index (κ3) is 5.58. The van der Waals surface area contributed by atoms with Crippen molar-refractivity contribution in [3.63, 3.8) is 0 Å². The molecule has 0 spiro atoms. The number of aromatic nitrogens is 5. The Balaban J connectivity index is 1.60. The van der Waals surface area contributed by atoms with Crippen LogP contribution in [0.4, 0.5) is 8.78 Å². The third-order valence-electron chi connectivity index (χ3n) is 7.78. The second-order valence-electron chi connectivity index (χ2n) is 10.4. The van der Waals surface area contributed by atoms with Crippen LogP contribution in [0, 0.1) is 0 Å². The summed E-state index contributed by atoms with van der Waals surface area (Å²) in [4.78, 5) is 19.1. The zero-order valence-electron chi connectivity index (χ0n) is 24.5. The molecule has 45 heavy (non-hydrogen) atoms. The van der Waals surface area contributed by atoms with Gasteiger partial charge < -0.3 is 14.7 Å². The average Bonchev–Trinajstić information content (AvgIpc) is 3.76. The van der Waals surface area contributed by atoms with Crippen LogP contribution < -0.4 is 0 Å². The number of hydrogen-bond acceptors (Lipinski definition) is 7. The lowest BCUT2D eigenvalue weighted by Gasteiger charge is -2.18. The van der Waals surface area contributed by atoms with Crippen molar-refractivity contribution in [2.24, 2.45) is 7.05 Å². The Morgan fingerprint density at radius 1 is 1.20 bits per heavy atom. The first-order chi connectivity index (χ1) is 21.8. The molecule has 12 heteroatoms. The summed E-state index contributed by atoms with van der Waals surface area (Å²) < 4.78 is 39.1. The minimum absolute atomic E-state index is 0.0821. The smallest absolute Gasteiger partial charge is 0.246 e. The Morgan fingerprint density at radius 3 is 2.82 bits per heavy atom. The summed E-state index contributed by atoms with van der Waals surface area (Å²) in [5.41, 5.74) is 4.42. The molecular weight excluding hydrogens is 598 g/mol. The minimum Gasteiger partial charge on any atom is -0.491 e. The standard InChI is InChI=1S/C33H30F2N6O3S/c1-4-28(43)40-11-8-23-18-26(38-41(23)13-12-40)32-30(29(25(35)7-10-34)20(2)44-15-14-42)33-24(9-16-45-33)31(37-32)21-5-6-27-22(17-21)19-36-39(27)3/h4-7,9-10,16-19,42H,1-2,8,11-15H2,3H3/b10-7+,29-25-. The fraction of sp³-hybridized carbons (Fsp3) is 0.212. The number of ether oxygens (including phenoxy) is 1. The third-order valence-corrected chi connectivity index (χ3v) is 8.72. The van der Waals surface area contributed by atoms with Crippen molar-refractivity contribution >= 4 is 43.8 Å². The average molecular weight is 629 g/mol. The van der Waals surface area contributed by atoms with Crippen molar-refractivity contribution < 1.29 is 23.4 Å². The summed E-state index contributed by atoms with van der Waals surface area (Å²) in [6.07, 6.45) is 4.44. The molecule has 0 saturated heterocycles. The van der Waals surface area contributed by atoms with E-state index in [0.29, 0.717) is 59.5 Å². The summed E-state index contributed by atoms with van der Waals surface area (Å²) in [6, 6.07) is 9.74. The second kappa shape index (κ2) is 12.6. The van der Waals surface area contributed by atoms with E-state index in [1.54, 1.807) is 15.8 Å². The molecule has 5 heterocycles. The normalized spacial score (nSPS) is 14.1. The highest BCUT2D eigenvalue weighted by Crippen LogP contribution is 2.44. The van der Waals surface area contributed by atoms with Crippen LogP contribution in [0.25, 0.3) is 49.2 Å². The first-order valence-electron chi connectivity index (χ1n) is 14.3. The van der Waals surface area contributed by atoms with Gasteiger partial charge in [-0.1, -0.05) is 19.2 Å². The van der Waals surface area contributed by atoms with Gasteiger partial charge in [0.1, 0.15) is 29.6 Å². The van der Waals surface area contributed by atoms with E-state index in [1.165, 1.54) is 17.4 Å². The van der Waals surface area contributed by atoms with Gasteiger partial charge >= 0.3 is 0 Å². The number of carbonyl (C=O) groups is 1. The number of aliphatic hydroxyl groups excluding tert-OH is 1. The molecule has 1 aromatic carbocycles. The maximum absolute atomic E-state index is 15.8. The Hall–Kier alpha value is -4.94. The summed E-state index contributed by atoms with van der Waals surface area (Å²) in [5.74, 6) is -1.14. The zero-order valence-corrected chi connectivity index (χ0v) is 25.4. The van der Waals surface area contributed by atoms with Gasteiger partial charge in [-0.3, -0.25) is 14.2 Å². The summed E-state index contributed by atoms with van der Waals surface area (Å²) in [6.45, 7) is 8.47.